The molecule has 90 valence electrons. The van der Waals surface area contributed by atoms with E-state index in [1.54, 1.807) is 0 Å². The van der Waals surface area contributed by atoms with E-state index in [-0.39, 0.29) is 6.42 Å². The zero-order valence-corrected chi connectivity index (χ0v) is 11.4. The van der Waals surface area contributed by atoms with Crippen LogP contribution in [-0.2, 0) is 24.2 Å². The van der Waals surface area contributed by atoms with Gasteiger partial charge in [-0.1, -0.05) is 6.92 Å². The van der Waals surface area contributed by atoms with Crippen LogP contribution in [-0.4, -0.2) is 26.8 Å². The van der Waals surface area contributed by atoms with Gasteiger partial charge in [0.05, 0.1) is 15.9 Å². The Labute approximate surface area is 104 Å². The second kappa shape index (κ2) is 5.10. The van der Waals surface area contributed by atoms with Gasteiger partial charge in [0, 0.05) is 13.0 Å². The molecule has 4 nitrogen and oxygen atoms in total. The molecule has 0 spiro atoms. The van der Waals surface area contributed by atoms with Gasteiger partial charge in [0.25, 0.3) is 0 Å². The second-order valence-corrected chi connectivity index (χ2v) is 4.82. The monoisotopic (exact) mass is 288 g/mol. The van der Waals surface area contributed by atoms with Crippen LogP contribution in [0.1, 0.15) is 32.2 Å². The fourth-order valence-electron chi connectivity index (χ4n) is 1.57. The van der Waals surface area contributed by atoms with Crippen molar-refractivity contribution in [3.05, 3.63) is 15.9 Å². The van der Waals surface area contributed by atoms with Gasteiger partial charge < -0.3 is 9.90 Å². The summed E-state index contributed by atoms with van der Waals surface area (Å²) in [5, 5.41) is 14.2. The molecule has 1 atom stereocenters. The molecular weight excluding hydrogens is 272 g/mol. The summed E-state index contributed by atoms with van der Waals surface area (Å²) < 4.78 is 2.72. The molecule has 0 aliphatic rings. The van der Waals surface area contributed by atoms with E-state index in [1.807, 2.05) is 18.5 Å². The smallest absolute Gasteiger partial charge is 0.151 e. The number of carbonyl (C=O) groups excluding carboxylic acids is 1. The van der Waals surface area contributed by atoms with Crippen LogP contribution in [0.5, 0.6) is 0 Å². The minimum absolute atomic E-state index is 0.276. The van der Waals surface area contributed by atoms with Crippen molar-refractivity contribution in [2.45, 2.75) is 45.8 Å². The van der Waals surface area contributed by atoms with Crippen LogP contribution in [0.3, 0.4) is 0 Å². The largest absolute Gasteiger partial charge is 0.382 e. The first-order valence-electron chi connectivity index (χ1n) is 5.38. The Bertz CT molecular complexity index is 386. The van der Waals surface area contributed by atoms with E-state index < -0.39 is 5.60 Å². The minimum atomic E-state index is -1.33. The first kappa shape index (κ1) is 13.4. The van der Waals surface area contributed by atoms with Crippen molar-refractivity contribution in [3.63, 3.8) is 0 Å². The highest BCUT2D eigenvalue weighted by Gasteiger charge is 2.25. The molecular formula is C11H17BrN2O2. The molecule has 1 N–H and O–H groups in total. The van der Waals surface area contributed by atoms with Crippen molar-refractivity contribution in [2.75, 3.05) is 0 Å². The van der Waals surface area contributed by atoms with Crippen molar-refractivity contribution >= 4 is 22.2 Å². The Balaban J connectivity index is 3.11. The highest BCUT2D eigenvalue weighted by Crippen LogP contribution is 2.25. The number of nitrogens with zero attached hydrogens (tertiary/aromatic N) is 2. The third-order valence-corrected chi connectivity index (χ3v) is 3.39. The number of rotatable bonds is 5. The molecule has 0 aliphatic carbocycles. The molecule has 1 aromatic rings. The Hall–Kier alpha value is -0.680. The summed E-state index contributed by atoms with van der Waals surface area (Å²) in [7, 11) is 0. The maximum absolute atomic E-state index is 10.7. The highest BCUT2D eigenvalue weighted by atomic mass is 79.9. The lowest BCUT2D eigenvalue weighted by Gasteiger charge is -2.16. The quantitative estimate of drug-likeness (QED) is 0.840. The number of hydrogen-bond acceptors (Lipinski definition) is 3. The fourth-order valence-corrected chi connectivity index (χ4v) is 2.27. The number of carbonyl (C=O) groups is 1. The first-order chi connectivity index (χ1) is 7.45. The van der Waals surface area contributed by atoms with Crippen molar-refractivity contribution in [1.82, 2.24) is 9.78 Å². The lowest BCUT2D eigenvalue weighted by molar-refractivity contribution is -0.122. The van der Waals surface area contributed by atoms with E-state index >= 15 is 0 Å². The summed E-state index contributed by atoms with van der Waals surface area (Å²) in [4.78, 5) is 10.7. The molecule has 0 aromatic carbocycles. The van der Waals surface area contributed by atoms with Crippen LogP contribution in [0, 0.1) is 0 Å². The summed E-state index contributed by atoms with van der Waals surface area (Å²) in [6, 6.07) is 0. The second-order valence-electron chi connectivity index (χ2n) is 4.03. The van der Waals surface area contributed by atoms with E-state index in [1.165, 1.54) is 6.92 Å². The average molecular weight is 289 g/mol. The van der Waals surface area contributed by atoms with E-state index in [2.05, 4.69) is 21.0 Å². The molecule has 0 amide bonds. The van der Waals surface area contributed by atoms with E-state index in [4.69, 9.17) is 0 Å². The van der Waals surface area contributed by atoms with E-state index in [0.29, 0.717) is 6.29 Å². The van der Waals surface area contributed by atoms with Crippen LogP contribution < -0.4 is 0 Å². The van der Waals surface area contributed by atoms with Crippen molar-refractivity contribution < 1.29 is 9.90 Å². The van der Waals surface area contributed by atoms with E-state index in [0.717, 1.165) is 28.8 Å². The predicted molar refractivity (Wildman–Crippen MR) is 65.4 cm³/mol. The van der Waals surface area contributed by atoms with Crippen LogP contribution >= 0.6 is 15.9 Å². The van der Waals surface area contributed by atoms with Gasteiger partial charge in [0.1, 0.15) is 5.60 Å². The number of hydrogen-bond donors (Lipinski definition) is 1. The van der Waals surface area contributed by atoms with Crippen molar-refractivity contribution in [2.24, 2.45) is 0 Å². The SMILES string of the molecule is CCc1nn(CC)c(CC(C)(O)C=O)c1Br. The number of aldehydes is 1. The summed E-state index contributed by atoms with van der Waals surface area (Å²) in [6.45, 7) is 6.24. The molecule has 1 unspecified atom stereocenters. The normalized spacial score (nSPS) is 14.8. The van der Waals surface area contributed by atoms with Crippen LogP contribution in [0.25, 0.3) is 0 Å². The van der Waals surface area contributed by atoms with Gasteiger partial charge in [-0.2, -0.15) is 5.10 Å². The molecule has 0 aliphatic heterocycles. The van der Waals surface area contributed by atoms with E-state index in [9.17, 15) is 9.90 Å². The lowest BCUT2D eigenvalue weighted by Crippen LogP contribution is -2.30. The number of aliphatic hydroxyl groups is 1. The zero-order chi connectivity index (χ0) is 12.3. The molecule has 0 fully saturated rings. The zero-order valence-electron chi connectivity index (χ0n) is 9.83. The Morgan fingerprint density at radius 2 is 2.19 bits per heavy atom. The average Bonchev–Trinajstić information content (AvgIpc) is 2.55. The van der Waals surface area contributed by atoms with Gasteiger partial charge in [0.15, 0.2) is 6.29 Å². The highest BCUT2D eigenvalue weighted by molar-refractivity contribution is 9.10. The standard InChI is InChI=1S/C11H17BrN2O2/c1-4-8-10(12)9(14(5-2)13-8)6-11(3,16)7-15/h7,16H,4-6H2,1-3H3. The topological polar surface area (TPSA) is 55.1 Å². The molecule has 1 aromatic heterocycles. The number of halogens is 1. The summed E-state index contributed by atoms with van der Waals surface area (Å²) >= 11 is 3.47. The Morgan fingerprint density at radius 1 is 1.56 bits per heavy atom. The van der Waals surface area contributed by atoms with Crippen LogP contribution in [0.15, 0.2) is 4.47 Å². The predicted octanol–water partition coefficient (Wildman–Crippen LogP) is 1.72. The fraction of sp³-hybridized carbons (Fsp3) is 0.636. The third-order valence-electron chi connectivity index (χ3n) is 2.47. The molecule has 0 bridgehead atoms. The van der Waals surface area contributed by atoms with Crippen molar-refractivity contribution in [1.29, 1.82) is 0 Å². The molecule has 0 radical (unpaired) electrons. The first-order valence-corrected chi connectivity index (χ1v) is 6.17. The van der Waals surface area contributed by atoms with Crippen molar-refractivity contribution in [3.8, 4) is 0 Å². The van der Waals surface area contributed by atoms with Gasteiger partial charge in [-0.05, 0) is 36.2 Å². The number of aromatic nitrogens is 2. The molecule has 0 saturated carbocycles. The van der Waals surface area contributed by atoms with Gasteiger partial charge in [-0.3, -0.25) is 4.68 Å². The Morgan fingerprint density at radius 3 is 2.62 bits per heavy atom. The summed E-state index contributed by atoms with van der Waals surface area (Å²) in [5.74, 6) is 0. The summed E-state index contributed by atoms with van der Waals surface area (Å²) in [5.41, 5.74) is 0.496. The Kier molecular flexibility index (Phi) is 4.27. The molecule has 5 heteroatoms. The molecule has 16 heavy (non-hydrogen) atoms. The van der Waals surface area contributed by atoms with Gasteiger partial charge in [0.2, 0.25) is 0 Å². The van der Waals surface area contributed by atoms with Crippen LogP contribution in [0.4, 0.5) is 0 Å². The maximum atomic E-state index is 10.7. The molecule has 0 saturated heterocycles. The third kappa shape index (κ3) is 2.71. The van der Waals surface area contributed by atoms with Gasteiger partial charge >= 0.3 is 0 Å². The molecule has 1 rings (SSSR count). The number of aryl methyl sites for hydroxylation is 2. The maximum Gasteiger partial charge on any atom is 0.151 e. The van der Waals surface area contributed by atoms with Crippen LogP contribution in [0.2, 0.25) is 0 Å². The lowest BCUT2D eigenvalue weighted by atomic mass is 10.0. The minimum Gasteiger partial charge on any atom is -0.382 e. The molecule has 1 heterocycles. The van der Waals surface area contributed by atoms with Gasteiger partial charge in [-0.25, -0.2) is 0 Å². The van der Waals surface area contributed by atoms with Gasteiger partial charge in [-0.15, -0.1) is 0 Å². The summed E-state index contributed by atoms with van der Waals surface area (Å²) in [6.07, 6.45) is 1.67.